The Morgan fingerprint density at radius 2 is 2.05 bits per heavy atom. The maximum Gasteiger partial charge on any atom is 0.271 e. The molecule has 2 fully saturated rings. The largest absolute Gasteiger partial charge is 0.271 e. The van der Waals surface area contributed by atoms with E-state index in [2.05, 4.69) is 10.5 Å². The number of benzene rings is 1. The van der Waals surface area contributed by atoms with Crippen molar-refractivity contribution < 1.29 is 4.79 Å². The van der Waals surface area contributed by atoms with Crippen molar-refractivity contribution in [3.8, 4) is 0 Å². The lowest BCUT2D eigenvalue weighted by molar-refractivity contribution is 0.0955. The van der Waals surface area contributed by atoms with Gasteiger partial charge in [0.2, 0.25) is 0 Å². The van der Waals surface area contributed by atoms with E-state index in [9.17, 15) is 4.79 Å². The average Bonchev–Trinajstić information content (AvgIpc) is 3.02. The number of rotatable bonds is 3. The van der Waals surface area contributed by atoms with Crippen LogP contribution in [0.2, 0.25) is 5.02 Å². The zero-order valence-electron chi connectivity index (χ0n) is 10.7. The zero-order chi connectivity index (χ0) is 13.2. The second-order valence-electron chi connectivity index (χ2n) is 5.56. The van der Waals surface area contributed by atoms with Crippen molar-refractivity contribution in [2.45, 2.75) is 25.7 Å². The molecule has 1 aromatic rings. The number of hydrazone groups is 1. The van der Waals surface area contributed by atoms with E-state index < -0.39 is 0 Å². The van der Waals surface area contributed by atoms with Gasteiger partial charge in [0.05, 0.1) is 0 Å². The van der Waals surface area contributed by atoms with E-state index in [1.54, 1.807) is 24.3 Å². The molecule has 3 nitrogen and oxygen atoms in total. The molecule has 0 radical (unpaired) electrons. The molecule has 0 aliphatic heterocycles. The lowest BCUT2D eigenvalue weighted by atomic mass is 9.90. The number of hydrogen-bond acceptors (Lipinski definition) is 2. The molecular weight excluding hydrogens is 260 g/mol. The van der Waals surface area contributed by atoms with Gasteiger partial charge in [-0.2, -0.15) is 5.10 Å². The molecule has 2 bridgehead atoms. The van der Waals surface area contributed by atoms with Crippen molar-refractivity contribution in [1.29, 1.82) is 0 Å². The highest BCUT2D eigenvalue weighted by Crippen LogP contribution is 2.47. The second kappa shape index (κ2) is 5.33. The molecule has 3 rings (SSSR count). The van der Waals surface area contributed by atoms with Crippen molar-refractivity contribution in [2.24, 2.45) is 22.9 Å². The number of halogens is 1. The minimum atomic E-state index is -0.184. The van der Waals surface area contributed by atoms with Crippen LogP contribution in [0.3, 0.4) is 0 Å². The Morgan fingerprint density at radius 3 is 2.68 bits per heavy atom. The summed E-state index contributed by atoms with van der Waals surface area (Å²) in [7, 11) is 0. The summed E-state index contributed by atoms with van der Waals surface area (Å²) in [6, 6.07) is 6.81. The molecule has 19 heavy (non-hydrogen) atoms. The first-order valence-corrected chi connectivity index (χ1v) is 7.19. The number of carbonyl (C=O) groups is 1. The first-order valence-electron chi connectivity index (χ1n) is 6.81. The van der Waals surface area contributed by atoms with Crippen molar-refractivity contribution >= 4 is 23.7 Å². The quantitative estimate of drug-likeness (QED) is 0.666. The lowest BCUT2D eigenvalue weighted by Gasteiger charge is -2.16. The van der Waals surface area contributed by atoms with Gasteiger partial charge in [-0.1, -0.05) is 18.0 Å². The summed E-state index contributed by atoms with van der Waals surface area (Å²) in [5.41, 5.74) is 3.17. The second-order valence-corrected chi connectivity index (χ2v) is 6.00. The first kappa shape index (κ1) is 12.7. The number of nitrogens with zero attached hydrogens (tertiary/aromatic N) is 1. The molecule has 0 spiro atoms. The Balaban J connectivity index is 1.54. The van der Waals surface area contributed by atoms with Gasteiger partial charge in [0.1, 0.15) is 0 Å². The monoisotopic (exact) mass is 276 g/mol. The highest BCUT2D eigenvalue weighted by Gasteiger charge is 2.38. The van der Waals surface area contributed by atoms with Crippen LogP contribution >= 0.6 is 11.6 Å². The molecule has 1 aromatic carbocycles. The van der Waals surface area contributed by atoms with Gasteiger partial charge in [0, 0.05) is 16.8 Å². The van der Waals surface area contributed by atoms with Gasteiger partial charge in [0.25, 0.3) is 5.91 Å². The summed E-state index contributed by atoms with van der Waals surface area (Å²) < 4.78 is 0. The predicted molar refractivity (Wildman–Crippen MR) is 76.3 cm³/mol. The summed E-state index contributed by atoms with van der Waals surface area (Å²) >= 11 is 5.78. The van der Waals surface area contributed by atoms with Crippen LogP contribution in [-0.2, 0) is 0 Å². The fourth-order valence-electron chi connectivity index (χ4n) is 3.33. The minimum absolute atomic E-state index is 0.184. The van der Waals surface area contributed by atoms with Crippen LogP contribution in [0, 0.1) is 17.8 Å². The molecule has 100 valence electrons. The van der Waals surface area contributed by atoms with Crippen molar-refractivity contribution in [1.82, 2.24) is 5.43 Å². The Labute approximate surface area is 118 Å². The highest BCUT2D eigenvalue weighted by atomic mass is 35.5. The van der Waals surface area contributed by atoms with Crippen molar-refractivity contribution in [3.63, 3.8) is 0 Å². The van der Waals surface area contributed by atoms with Crippen LogP contribution in [0.15, 0.2) is 29.4 Å². The zero-order valence-corrected chi connectivity index (χ0v) is 11.4. The summed E-state index contributed by atoms with van der Waals surface area (Å²) in [6.07, 6.45) is 7.23. The third kappa shape index (κ3) is 2.81. The Bertz CT molecular complexity index is 497. The van der Waals surface area contributed by atoms with Crippen molar-refractivity contribution in [2.75, 3.05) is 0 Å². The molecule has 0 heterocycles. The smallest absolute Gasteiger partial charge is 0.267 e. The number of nitrogens with one attached hydrogen (secondary N) is 1. The van der Waals surface area contributed by atoms with Gasteiger partial charge in [-0.3, -0.25) is 4.79 Å². The molecule has 0 unspecified atom stereocenters. The molecule has 4 heteroatoms. The van der Waals surface area contributed by atoms with Crippen LogP contribution < -0.4 is 5.43 Å². The summed E-state index contributed by atoms with van der Waals surface area (Å²) in [6.45, 7) is 0. The van der Waals surface area contributed by atoms with E-state index in [-0.39, 0.29) is 5.91 Å². The predicted octanol–water partition coefficient (Wildman–Crippen LogP) is 3.49. The molecule has 0 aromatic heterocycles. The van der Waals surface area contributed by atoms with Crippen LogP contribution in [0.4, 0.5) is 0 Å². The van der Waals surface area contributed by atoms with Gasteiger partial charge in [0.15, 0.2) is 0 Å². The molecule has 3 atom stereocenters. The van der Waals surface area contributed by atoms with Gasteiger partial charge in [-0.25, -0.2) is 5.43 Å². The van der Waals surface area contributed by atoms with Crippen LogP contribution in [0.5, 0.6) is 0 Å². The maximum atomic E-state index is 11.8. The fourth-order valence-corrected chi connectivity index (χ4v) is 3.46. The summed E-state index contributed by atoms with van der Waals surface area (Å²) in [4.78, 5) is 11.8. The Hall–Kier alpha value is -1.35. The van der Waals surface area contributed by atoms with Gasteiger partial charge < -0.3 is 0 Å². The normalized spacial score (nSPS) is 29.0. The third-order valence-corrected chi connectivity index (χ3v) is 4.58. The standard InChI is InChI=1S/C15H17ClN2O/c16-14-5-3-11(4-6-14)15(19)18-17-9-13-8-10-1-2-12(13)7-10/h3-6,9-10,12-13H,1-2,7-8H2,(H,18,19)/b17-9-/t10-,12-,13+/m0/s1. The Morgan fingerprint density at radius 1 is 1.26 bits per heavy atom. The first-order chi connectivity index (χ1) is 9.22. The minimum Gasteiger partial charge on any atom is -0.267 e. The third-order valence-electron chi connectivity index (χ3n) is 4.33. The van der Waals surface area contributed by atoms with E-state index >= 15 is 0 Å². The molecule has 1 amide bonds. The van der Waals surface area contributed by atoms with Gasteiger partial charge in [-0.15, -0.1) is 0 Å². The molecule has 0 saturated heterocycles. The SMILES string of the molecule is O=C(N/N=C\[C@H]1C[C@H]2CC[C@H]1C2)c1ccc(Cl)cc1. The number of carbonyl (C=O) groups excluding carboxylic acids is 1. The molecule has 1 N–H and O–H groups in total. The number of fused-ring (bicyclic) bond motifs is 2. The summed E-state index contributed by atoms with van der Waals surface area (Å²) in [5, 5.41) is 4.74. The topological polar surface area (TPSA) is 41.5 Å². The van der Waals surface area contributed by atoms with E-state index in [4.69, 9.17) is 11.6 Å². The molecule has 2 aliphatic carbocycles. The van der Waals surface area contributed by atoms with E-state index in [0.717, 1.165) is 11.8 Å². The highest BCUT2D eigenvalue weighted by molar-refractivity contribution is 6.30. The fraction of sp³-hybridized carbons (Fsp3) is 0.467. The van der Waals surface area contributed by atoms with Crippen molar-refractivity contribution in [3.05, 3.63) is 34.9 Å². The Kier molecular flexibility index (Phi) is 3.56. The molecule has 2 saturated carbocycles. The van der Waals surface area contributed by atoms with Gasteiger partial charge in [-0.05, 0) is 61.3 Å². The van der Waals surface area contributed by atoms with Crippen LogP contribution in [-0.4, -0.2) is 12.1 Å². The lowest BCUT2D eigenvalue weighted by Crippen LogP contribution is -2.20. The number of hydrogen-bond donors (Lipinski definition) is 1. The van der Waals surface area contributed by atoms with Crippen LogP contribution in [0.25, 0.3) is 0 Å². The van der Waals surface area contributed by atoms with E-state index in [1.807, 2.05) is 6.21 Å². The van der Waals surface area contributed by atoms with E-state index in [0.29, 0.717) is 16.5 Å². The number of amides is 1. The summed E-state index contributed by atoms with van der Waals surface area (Å²) in [5.74, 6) is 2.06. The van der Waals surface area contributed by atoms with Gasteiger partial charge >= 0.3 is 0 Å². The van der Waals surface area contributed by atoms with Crippen LogP contribution in [0.1, 0.15) is 36.0 Å². The molecular formula is C15H17ClN2O. The maximum absolute atomic E-state index is 11.8. The van der Waals surface area contributed by atoms with E-state index in [1.165, 1.54) is 25.7 Å². The average molecular weight is 277 g/mol. The molecule has 2 aliphatic rings.